The van der Waals surface area contributed by atoms with Crippen LogP contribution in [-0.4, -0.2) is 31.9 Å². The van der Waals surface area contributed by atoms with Crippen LogP contribution in [-0.2, 0) is 16.6 Å². The number of benzene rings is 3. The molecular weight excluding hydrogens is 462 g/mol. The molecule has 1 atom stereocenters. The van der Waals surface area contributed by atoms with Crippen molar-refractivity contribution in [3.63, 3.8) is 0 Å². The molecule has 0 saturated carbocycles. The third-order valence-electron chi connectivity index (χ3n) is 5.34. The molecule has 0 fully saturated rings. The summed E-state index contributed by atoms with van der Waals surface area (Å²) in [6, 6.07) is 22.9. The summed E-state index contributed by atoms with van der Waals surface area (Å²) in [7, 11) is -1.96. The van der Waals surface area contributed by atoms with Crippen LogP contribution < -0.4 is 15.8 Å². The fraction of sp³-hybridized carbons (Fsp3) is 0.231. The van der Waals surface area contributed by atoms with E-state index in [-0.39, 0.29) is 5.89 Å². The van der Waals surface area contributed by atoms with Crippen LogP contribution in [0.2, 0.25) is 0 Å². The van der Waals surface area contributed by atoms with Crippen LogP contribution in [0, 0.1) is 6.92 Å². The number of aromatic nitrogens is 2. The van der Waals surface area contributed by atoms with Gasteiger partial charge in [0.2, 0.25) is 21.8 Å². The van der Waals surface area contributed by atoms with E-state index in [4.69, 9.17) is 15.9 Å². The van der Waals surface area contributed by atoms with Crippen molar-refractivity contribution in [2.24, 2.45) is 11.5 Å². The van der Waals surface area contributed by atoms with Gasteiger partial charge in [-0.1, -0.05) is 60.2 Å². The molecule has 0 radical (unpaired) electrons. The second-order valence-corrected chi connectivity index (χ2v) is 10.3. The summed E-state index contributed by atoms with van der Waals surface area (Å²) in [4.78, 5) is 0. The van der Waals surface area contributed by atoms with Crippen molar-refractivity contribution in [1.29, 1.82) is 0 Å². The monoisotopic (exact) mass is 493 g/mol. The first-order valence-electron chi connectivity index (χ1n) is 11.1. The maximum absolute atomic E-state index is 12.1. The third kappa shape index (κ3) is 6.75. The first kappa shape index (κ1) is 26.1. The molecule has 0 aliphatic heterocycles. The summed E-state index contributed by atoms with van der Waals surface area (Å²) in [6.07, 6.45) is 1.15. The highest BCUT2D eigenvalue weighted by atomic mass is 32.2. The molecule has 0 aliphatic carbocycles. The maximum Gasteiger partial charge on any atom is 0.247 e. The van der Waals surface area contributed by atoms with Crippen LogP contribution in [0.5, 0.6) is 0 Å². The molecule has 0 saturated heterocycles. The Morgan fingerprint density at radius 3 is 2.14 bits per heavy atom. The number of nitrogens with zero attached hydrogens (tertiary/aromatic N) is 3. The summed E-state index contributed by atoms with van der Waals surface area (Å²) in [6.45, 7) is 4.18. The molecule has 4 rings (SSSR count). The Hall–Kier alpha value is -3.53. The third-order valence-corrected chi connectivity index (χ3v) is 6.55. The summed E-state index contributed by atoms with van der Waals surface area (Å²) in [5.41, 5.74) is 16.7. The molecular formula is C26H31N5O3S. The van der Waals surface area contributed by atoms with E-state index in [2.05, 4.69) is 29.3 Å². The molecule has 0 aliphatic rings. The van der Waals surface area contributed by atoms with Gasteiger partial charge in [-0.2, -0.15) is 0 Å². The lowest BCUT2D eigenvalue weighted by molar-refractivity contribution is 0.473. The SMILES string of the molecule is CC(N)c1nnc(-c2cc(-c3ccccc3CN)cc(N(C)S(C)(=O)=O)c2)o1.Cc1ccccc1. The van der Waals surface area contributed by atoms with Crippen LogP contribution in [0.1, 0.15) is 30.0 Å². The Morgan fingerprint density at radius 1 is 0.971 bits per heavy atom. The van der Waals surface area contributed by atoms with Crippen molar-refractivity contribution >= 4 is 15.7 Å². The second-order valence-electron chi connectivity index (χ2n) is 8.25. The Bertz CT molecular complexity index is 1370. The first-order valence-corrected chi connectivity index (χ1v) is 12.9. The largest absolute Gasteiger partial charge is 0.419 e. The fourth-order valence-electron chi connectivity index (χ4n) is 3.31. The molecule has 1 heterocycles. The number of hydrogen-bond acceptors (Lipinski definition) is 7. The molecule has 3 aromatic carbocycles. The van der Waals surface area contributed by atoms with Gasteiger partial charge >= 0.3 is 0 Å². The van der Waals surface area contributed by atoms with Gasteiger partial charge in [0.25, 0.3) is 0 Å². The molecule has 0 spiro atoms. The van der Waals surface area contributed by atoms with E-state index in [1.807, 2.05) is 48.5 Å². The zero-order valence-corrected chi connectivity index (χ0v) is 21.2. The van der Waals surface area contributed by atoms with Crippen molar-refractivity contribution in [1.82, 2.24) is 10.2 Å². The van der Waals surface area contributed by atoms with Crippen LogP contribution in [0.25, 0.3) is 22.6 Å². The van der Waals surface area contributed by atoms with Gasteiger partial charge in [0.15, 0.2) is 0 Å². The second kappa shape index (κ2) is 11.3. The van der Waals surface area contributed by atoms with Gasteiger partial charge in [0.05, 0.1) is 18.0 Å². The van der Waals surface area contributed by atoms with E-state index >= 15 is 0 Å². The van der Waals surface area contributed by atoms with Crippen molar-refractivity contribution in [3.05, 3.63) is 89.8 Å². The van der Waals surface area contributed by atoms with E-state index in [0.29, 0.717) is 23.7 Å². The minimum absolute atomic E-state index is 0.266. The number of rotatable bonds is 6. The number of sulfonamides is 1. The average molecular weight is 494 g/mol. The van der Waals surface area contributed by atoms with E-state index < -0.39 is 16.1 Å². The highest BCUT2D eigenvalue weighted by Crippen LogP contribution is 2.33. The Labute approximate surface area is 206 Å². The van der Waals surface area contributed by atoms with Gasteiger partial charge in [-0.05, 0) is 48.7 Å². The molecule has 1 aromatic heterocycles. The van der Waals surface area contributed by atoms with Gasteiger partial charge < -0.3 is 15.9 Å². The summed E-state index contributed by atoms with van der Waals surface area (Å²) in [5, 5.41) is 8.02. The van der Waals surface area contributed by atoms with Gasteiger partial charge in [-0.3, -0.25) is 4.31 Å². The van der Waals surface area contributed by atoms with Crippen molar-refractivity contribution in [2.45, 2.75) is 26.4 Å². The average Bonchev–Trinajstić information content (AvgIpc) is 3.34. The molecule has 8 nitrogen and oxygen atoms in total. The van der Waals surface area contributed by atoms with Gasteiger partial charge in [0, 0.05) is 19.2 Å². The van der Waals surface area contributed by atoms with Gasteiger partial charge in [0.1, 0.15) is 0 Å². The van der Waals surface area contributed by atoms with Crippen LogP contribution in [0.4, 0.5) is 5.69 Å². The topological polar surface area (TPSA) is 128 Å². The van der Waals surface area contributed by atoms with Crippen molar-refractivity contribution in [2.75, 3.05) is 17.6 Å². The van der Waals surface area contributed by atoms with E-state index in [1.165, 1.54) is 16.9 Å². The number of anilines is 1. The van der Waals surface area contributed by atoms with E-state index in [9.17, 15) is 8.42 Å². The Kier molecular flexibility index (Phi) is 8.39. The standard InChI is InChI=1S/C19H23N5O3S.C7H8/c1-12(21)18-22-23-19(27-18)15-8-14(17-7-5-4-6-13(17)11-20)9-16(10-15)24(2)28(3,25)26;1-7-5-3-2-4-6-7/h4-10,12H,11,20-21H2,1-3H3;2-6H,1H3. The van der Waals surface area contributed by atoms with Crippen molar-refractivity contribution < 1.29 is 12.8 Å². The predicted octanol–water partition coefficient (Wildman–Crippen LogP) is 4.27. The first-order chi connectivity index (χ1) is 16.6. The zero-order chi connectivity index (χ0) is 25.6. The summed E-state index contributed by atoms with van der Waals surface area (Å²) >= 11 is 0. The minimum atomic E-state index is -3.46. The number of hydrogen-bond donors (Lipinski definition) is 2. The van der Waals surface area contributed by atoms with Gasteiger partial charge in [-0.15, -0.1) is 10.2 Å². The lowest BCUT2D eigenvalue weighted by Crippen LogP contribution is -2.24. The predicted molar refractivity (Wildman–Crippen MR) is 140 cm³/mol. The zero-order valence-electron chi connectivity index (χ0n) is 20.3. The highest BCUT2D eigenvalue weighted by molar-refractivity contribution is 7.92. The van der Waals surface area contributed by atoms with Crippen molar-refractivity contribution in [3.8, 4) is 22.6 Å². The van der Waals surface area contributed by atoms with Crippen LogP contribution in [0.3, 0.4) is 0 Å². The molecule has 9 heteroatoms. The van der Waals surface area contributed by atoms with E-state index in [1.54, 1.807) is 19.1 Å². The molecule has 184 valence electrons. The number of nitrogens with two attached hydrogens (primary N) is 2. The summed E-state index contributed by atoms with van der Waals surface area (Å²) < 4.78 is 31.0. The van der Waals surface area contributed by atoms with Gasteiger partial charge in [-0.25, -0.2) is 8.42 Å². The minimum Gasteiger partial charge on any atom is -0.419 e. The molecule has 0 bridgehead atoms. The molecule has 0 amide bonds. The normalized spacial score (nSPS) is 11.9. The molecule has 35 heavy (non-hydrogen) atoms. The Balaban J connectivity index is 0.000000420. The quantitative estimate of drug-likeness (QED) is 0.410. The molecule has 1 unspecified atom stereocenters. The van der Waals surface area contributed by atoms with Crippen LogP contribution in [0.15, 0.2) is 77.2 Å². The molecule has 4 N–H and O–H groups in total. The Morgan fingerprint density at radius 2 is 1.60 bits per heavy atom. The number of aryl methyl sites for hydroxylation is 1. The van der Waals surface area contributed by atoms with Crippen LogP contribution >= 0.6 is 0 Å². The maximum atomic E-state index is 12.1. The fourth-order valence-corrected chi connectivity index (χ4v) is 3.80. The lowest BCUT2D eigenvalue weighted by Gasteiger charge is -2.19. The molecule has 4 aromatic rings. The van der Waals surface area contributed by atoms with E-state index in [0.717, 1.165) is 22.9 Å². The highest BCUT2D eigenvalue weighted by Gasteiger charge is 2.18. The smallest absolute Gasteiger partial charge is 0.247 e. The summed E-state index contributed by atoms with van der Waals surface area (Å²) in [5.74, 6) is 0.573. The lowest BCUT2D eigenvalue weighted by atomic mass is 9.97.